The molecule has 0 spiro atoms. The lowest BCUT2D eigenvalue weighted by molar-refractivity contribution is 0.0934. The van der Waals surface area contributed by atoms with E-state index < -0.39 is 0 Å². The Kier molecular flexibility index (Phi) is 3.61. The number of amides is 1. The zero-order valence-corrected chi connectivity index (χ0v) is 10.4. The highest BCUT2D eigenvalue weighted by atomic mass is 16.1. The Bertz CT molecular complexity index is 384. The summed E-state index contributed by atoms with van der Waals surface area (Å²) in [5.74, 6) is -0.0997. The predicted molar refractivity (Wildman–Crippen MR) is 68.1 cm³/mol. The van der Waals surface area contributed by atoms with Crippen LogP contribution in [-0.2, 0) is 0 Å². The van der Waals surface area contributed by atoms with Crippen LogP contribution in [0.3, 0.4) is 0 Å². The average molecular weight is 233 g/mol. The van der Waals surface area contributed by atoms with E-state index in [1.807, 2.05) is 19.9 Å². The van der Waals surface area contributed by atoms with Gasteiger partial charge >= 0.3 is 0 Å². The zero-order chi connectivity index (χ0) is 12.3. The molecule has 4 nitrogen and oxygen atoms in total. The van der Waals surface area contributed by atoms with Gasteiger partial charge in [-0.15, -0.1) is 0 Å². The fourth-order valence-electron chi connectivity index (χ4n) is 1.48. The molecule has 17 heavy (non-hydrogen) atoms. The molecule has 0 aromatic carbocycles. The van der Waals surface area contributed by atoms with Crippen LogP contribution < -0.4 is 10.6 Å². The lowest BCUT2D eigenvalue weighted by Gasteiger charge is -2.11. The highest BCUT2D eigenvalue weighted by molar-refractivity contribution is 5.92. The van der Waals surface area contributed by atoms with Crippen LogP contribution in [0.1, 0.15) is 43.6 Å². The zero-order valence-electron chi connectivity index (χ0n) is 10.4. The molecule has 1 amide bonds. The molecule has 0 aliphatic heterocycles. The summed E-state index contributed by atoms with van der Waals surface area (Å²) in [5, 5.41) is 6.24. The molecule has 0 saturated heterocycles. The summed E-state index contributed by atoms with van der Waals surface area (Å²) in [6.07, 6.45) is 5.11. The maximum Gasteiger partial charge on any atom is 0.270 e. The summed E-state index contributed by atoms with van der Waals surface area (Å²) < 4.78 is 0. The molecule has 2 N–H and O–H groups in total. The second kappa shape index (κ2) is 5.17. The Labute approximate surface area is 102 Å². The van der Waals surface area contributed by atoms with Crippen molar-refractivity contribution in [2.75, 3.05) is 5.32 Å². The molecule has 1 heterocycles. The van der Waals surface area contributed by atoms with Gasteiger partial charge in [0.1, 0.15) is 5.69 Å². The smallest absolute Gasteiger partial charge is 0.270 e. The minimum atomic E-state index is -0.0997. The van der Waals surface area contributed by atoms with Crippen molar-refractivity contribution >= 4 is 11.6 Å². The second-order valence-corrected chi connectivity index (χ2v) is 4.63. The van der Waals surface area contributed by atoms with Gasteiger partial charge in [0.15, 0.2) is 0 Å². The topological polar surface area (TPSA) is 54.0 Å². The Morgan fingerprint density at radius 2 is 2.29 bits per heavy atom. The van der Waals surface area contributed by atoms with Crippen molar-refractivity contribution in [1.29, 1.82) is 0 Å². The molecule has 1 aromatic rings. The van der Waals surface area contributed by atoms with Gasteiger partial charge in [0.25, 0.3) is 5.91 Å². The first-order valence-electron chi connectivity index (χ1n) is 6.22. The normalized spacial score (nSPS) is 16.4. The minimum Gasteiger partial charge on any atom is -0.381 e. The van der Waals surface area contributed by atoms with Crippen LogP contribution in [0.25, 0.3) is 0 Å². The maximum absolute atomic E-state index is 11.8. The van der Waals surface area contributed by atoms with E-state index in [0.717, 1.165) is 12.1 Å². The van der Waals surface area contributed by atoms with Crippen molar-refractivity contribution in [2.24, 2.45) is 0 Å². The molecule has 92 valence electrons. The van der Waals surface area contributed by atoms with Gasteiger partial charge in [0.2, 0.25) is 0 Å². The van der Waals surface area contributed by atoms with Gasteiger partial charge in [-0.3, -0.25) is 4.79 Å². The third-order valence-electron chi connectivity index (χ3n) is 2.93. The number of hydrogen-bond acceptors (Lipinski definition) is 3. The number of nitrogens with zero attached hydrogens (tertiary/aromatic N) is 1. The van der Waals surface area contributed by atoms with E-state index in [-0.39, 0.29) is 11.9 Å². The third-order valence-corrected chi connectivity index (χ3v) is 2.93. The van der Waals surface area contributed by atoms with Crippen molar-refractivity contribution in [2.45, 2.75) is 45.2 Å². The minimum absolute atomic E-state index is 0.0997. The van der Waals surface area contributed by atoms with Crippen molar-refractivity contribution < 1.29 is 4.79 Å². The molecule has 1 aliphatic carbocycles. The van der Waals surface area contributed by atoms with Gasteiger partial charge in [-0.05, 0) is 38.3 Å². The van der Waals surface area contributed by atoms with Gasteiger partial charge in [-0.1, -0.05) is 6.92 Å². The van der Waals surface area contributed by atoms with Crippen molar-refractivity contribution in [3.8, 4) is 0 Å². The lowest BCUT2D eigenvalue weighted by atomic mass is 10.2. The van der Waals surface area contributed by atoms with Crippen LogP contribution >= 0.6 is 0 Å². The van der Waals surface area contributed by atoms with Gasteiger partial charge in [-0.2, -0.15) is 0 Å². The first-order chi connectivity index (χ1) is 8.19. The van der Waals surface area contributed by atoms with Crippen LogP contribution in [-0.4, -0.2) is 23.0 Å². The molecule has 1 saturated carbocycles. The number of anilines is 1. The first-order valence-corrected chi connectivity index (χ1v) is 6.22. The SMILES string of the molecule is CCC(C)NC(=O)c1ccc(NC2CC2)cn1. The number of pyridine rings is 1. The molecular weight excluding hydrogens is 214 g/mol. The van der Waals surface area contributed by atoms with Crippen LogP contribution in [0.15, 0.2) is 18.3 Å². The van der Waals surface area contributed by atoms with Crippen LogP contribution in [0.5, 0.6) is 0 Å². The van der Waals surface area contributed by atoms with Crippen LogP contribution in [0.2, 0.25) is 0 Å². The molecule has 2 rings (SSSR count). The Balaban J connectivity index is 1.93. The summed E-state index contributed by atoms with van der Waals surface area (Å²) in [6.45, 7) is 4.03. The lowest BCUT2D eigenvalue weighted by Crippen LogP contribution is -2.32. The van der Waals surface area contributed by atoms with Crippen LogP contribution in [0, 0.1) is 0 Å². The highest BCUT2D eigenvalue weighted by Gasteiger charge is 2.20. The summed E-state index contributed by atoms with van der Waals surface area (Å²) >= 11 is 0. The van der Waals surface area contributed by atoms with E-state index in [1.54, 1.807) is 12.3 Å². The van der Waals surface area contributed by atoms with Gasteiger partial charge < -0.3 is 10.6 Å². The number of nitrogens with one attached hydrogen (secondary N) is 2. The third kappa shape index (κ3) is 3.44. The fraction of sp³-hybridized carbons (Fsp3) is 0.538. The molecule has 1 aromatic heterocycles. The van der Waals surface area contributed by atoms with E-state index >= 15 is 0 Å². The number of rotatable bonds is 5. The van der Waals surface area contributed by atoms with E-state index in [0.29, 0.717) is 11.7 Å². The summed E-state index contributed by atoms with van der Waals surface area (Å²) in [4.78, 5) is 15.9. The summed E-state index contributed by atoms with van der Waals surface area (Å²) in [7, 11) is 0. The van der Waals surface area contributed by atoms with E-state index in [4.69, 9.17) is 0 Å². The monoisotopic (exact) mass is 233 g/mol. The number of carbonyl (C=O) groups excluding carboxylic acids is 1. The highest BCUT2D eigenvalue weighted by Crippen LogP contribution is 2.24. The number of aromatic nitrogens is 1. The predicted octanol–water partition coefficient (Wildman–Crippen LogP) is 2.18. The van der Waals surface area contributed by atoms with Gasteiger partial charge in [0.05, 0.1) is 11.9 Å². The molecule has 1 atom stereocenters. The fourth-order valence-corrected chi connectivity index (χ4v) is 1.48. The van der Waals surface area contributed by atoms with Crippen molar-refractivity contribution in [3.05, 3.63) is 24.0 Å². The Morgan fingerprint density at radius 1 is 1.53 bits per heavy atom. The average Bonchev–Trinajstić information content (AvgIpc) is 3.13. The molecule has 0 bridgehead atoms. The van der Waals surface area contributed by atoms with E-state index in [9.17, 15) is 4.79 Å². The Hall–Kier alpha value is -1.58. The van der Waals surface area contributed by atoms with Crippen molar-refractivity contribution in [1.82, 2.24) is 10.3 Å². The molecule has 0 radical (unpaired) electrons. The Morgan fingerprint density at radius 3 is 2.82 bits per heavy atom. The standard InChI is InChI=1S/C13H19N3O/c1-3-9(2)15-13(17)12-7-6-11(8-14-12)16-10-4-5-10/h6-10,16H,3-5H2,1-2H3,(H,15,17). The molecule has 1 aliphatic rings. The quantitative estimate of drug-likeness (QED) is 0.819. The summed E-state index contributed by atoms with van der Waals surface area (Å²) in [6, 6.07) is 4.48. The number of carbonyl (C=O) groups is 1. The molecule has 1 unspecified atom stereocenters. The van der Waals surface area contributed by atoms with Crippen molar-refractivity contribution in [3.63, 3.8) is 0 Å². The van der Waals surface area contributed by atoms with Gasteiger partial charge in [0, 0.05) is 12.1 Å². The van der Waals surface area contributed by atoms with Crippen LogP contribution in [0.4, 0.5) is 5.69 Å². The maximum atomic E-state index is 11.8. The first kappa shape index (κ1) is 11.9. The number of hydrogen-bond donors (Lipinski definition) is 2. The largest absolute Gasteiger partial charge is 0.381 e. The molecular formula is C13H19N3O. The van der Waals surface area contributed by atoms with Gasteiger partial charge in [-0.25, -0.2) is 4.98 Å². The second-order valence-electron chi connectivity index (χ2n) is 4.63. The molecule has 1 fully saturated rings. The molecule has 4 heteroatoms. The summed E-state index contributed by atoms with van der Waals surface area (Å²) in [5.41, 5.74) is 1.47. The van der Waals surface area contributed by atoms with E-state index in [2.05, 4.69) is 15.6 Å². The van der Waals surface area contributed by atoms with E-state index in [1.165, 1.54) is 12.8 Å².